The molecule has 0 radical (unpaired) electrons. The van der Waals surface area contributed by atoms with Gasteiger partial charge in [-0.3, -0.25) is 0 Å². The van der Waals surface area contributed by atoms with Crippen molar-refractivity contribution in [2.75, 3.05) is 7.11 Å². The number of phenols is 1. The van der Waals surface area contributed by atoms with Crippen LogP contribution >= 0.6 is 15.9 Å². The lowest BCUT2D eigenvalue weighted by atomic mass is 10.0. The summed E-state index contributed by atoms with van der Waals surface area (Å²) in [5.41, 5.74) is 6.86. The Balaban J connectivity index is 2.26. The number of nitrogens with two attached hydrogens (primary N) is 1. The first-order valence-corrected chi connectivity index (χ1v) is 6.23. The van der Waals surface area contributed by atoms with Gasteiger partial charge in [-0.2, -0.15) is 0 Å². The highest BCUT2D eigenvalue weighted by atomic mass is 79.9. The number of benzene rings is 1. The van der Waals surface area contributed by atoms with Gasteiger partial charge >= 0.3 is 0 Å². The van der Waals surface area contributed by atoms with Crippen LogP contribution in [0.15, 0.2) is 16.6 Å². The predicted octanol–water partition coefficient (Wildman–Crippen LogP) is 2.96. The van der Waals surface area contributed by atoms with E-state index in [0.29, 0.717) is 5.75 Å². The van der Waals surface area contributed by atoms with Crippen LogP contribution in [0.2, 0.25) is 0 Å². The molecule has 0 unspecified atom stereocenters. The van der Waals surface area contributed by atoms with Crippen molar-refractivity contribution in [1.82, 2.24) is 0 Å². The Morgan fingerprint density at radius 3 is 2.81 bits per heavy atom. The molecule has 3 nitrogen and oxygen atoms in total. The SMILES string of the molecule is COc1cc(Br)cc([C@H](N)CC2CC2)c1O. The zero-order valence-electron chi connectivity index (χ0n) is 9.24. The van der Waals surface area contributed by atoms with Gasteiger partial charge in [-0.1, -0.05) is 28.8 Å². The zero-order valence-corrected chi connectivity index (χ0v) is 10.8. The predicted molar refractivity (Wildman–Crippen MR) is 66.6 cm³/mol. The van der Waals surface area contributed by atoms with Crippen LogP contribution in [0, 0.1) is 5.92 Å². The molecule has 1 aromatic rings. The Bertz CT molecular complexity index is 391. The first kappa shape index (κ1) is 11.7. The van der Waals surface area contributed by atoms with Crippen molar-refractivity contribution < 1.29 is 9.84 Å². The molecule has 0 heterocycles. The quantitative estimate of drug-likeness (QED) is 0.894. The lowest BCUT2D eigenvalue weighted by Crippen LogP contribution is -2.11. The Kier molecular flexibility index (Phi) is 3.40. The van der Waals surface area contributed by atoms with Crippen LogP contribution in [0.4, 0.5) is 0 Å². The fourth-order valence-corrected chi connectivity index (χ4v) is 2.33. The van der Waals surface area contributed by atoms with E-state index in [0.717, 1.165) is 22.4 Å². The fourth-order valence-electron chi connectivity index (χ4n) is 1.87. The van der Waals surface area contributed by atoms with Gasteiger partial charge in [-0.05, 0) is 24.5 Å². The van der Waals surface area contributed by atoms with E-state index in [1.807, 2.05) is 6.07 Å². The van der Waals surface area contributed by atoms with Crippen molar-refractivity contribution in [3.8, 4) is 11.5 Å². The van der Waals surface area contributed by atoms with E-state index in [1.165, 1.54) is 20.0 Å². The van der Waals surface area contributed by atoms with Crippen LogP contribution in [0.5, 0.6) is 11.5 Å². The summed E-state index contributed by atoms with van der Waals surface area (Å²) in [6.45, 7) is 0. The Morgan fingerprint density at radius 2 is 2.25 bits per heavy atom. The fraction of sp³-hybridized carbons (Fsp3) is 0.500. The second-order valence-corrected chi connectivity index (χ2v) is 5.25. The van der Waals surface area contributed by atoms with E-state index in [4.69, 9.17) is 10.5 Å². The molecule has 0 aliphatic heterocycles. The molecule has 1 aliphatic carbocycles. The Morgan fingerprint density at radius 1 is 1.56 bits per heavy atom. The number of hydrogen-bond acceptors (Lipinski definition) is 3. The minimum Gasteiger partial charge on any atom is -0.504 e. The summed E-state index contributed by atoms with van der Waals surface area (Å²) in [5.74, 6) is 1.37. The highest BCUT2D eigenvalue weighted by Gasteiger charge is 2.26. The van der Waals surface area contributed by atoms with E-state index in [-0.39, 0.29) is 11.8 Å². The van der Waals surface area contributed by atoms with Crippen LogP contribution in [0.1, 0.15) is 30.9 Å². The Hall–Kier alpha value is -0.740. The second-order valence-electron chi connectivity index (χ2n) is 4.33. The van der Waals surface area contributed by atoms with Gasteiger partial charge in [0, 0.05) is 16.1 Å². The number of aromatic hydroxyl groups is 1. The molecule has 1 aromatic carbocycles. The average molecular weight is 286 g/mol. The maximum Gasteiger partial charge on any atom is 0.162 e. The molecule has 0 bridgehead atoms. The van der Waals surface area contributed by atoms with E-state index < -0.39 is 0 Å². The van der Waals surface area contributed by atoms with Gasteiger partial charge in [0.2, 0.25) is 0 Å². The van der Waals surface area contributed by atoms with Gasteiger partial charge in [0.1, 0.15) is 0 Å². The first-order valence-electron chi connectivity index (χ1n) is 5.43. The third kappa shape index (κ3) is 2.50. The molecule has 1 saturated carbocycles. The molecule has 4 heteroatoms. The normalized spacial score (nSPS) is 17.2. The monoisotopic (exact) mass is 285 g/mol. The molecule has 0 aromatic heterocycles. The molecule has 0 spiro atoms. The minimum absolute atomic E-state index is 0.112. The molecule has 0 saturated heterocycles. The summed E-state index contributed by atoms with van der Waals surface area (Å²) in [6.07, 6.45) is 3.46. The van der Waals surface area contributed by atoms with E-state index in [9.17, 15) is 5.11 Å². The van der Waals surface area contributed by atoms with Gasteiger partial charge in [0.05, 0.1) is 7.11 Å². The number of halogens is 1. The average Bonchev–Trinajstić information content (AvgIpc) is 3.04. The summed E-state index contributed by atoms with van der Waals surface area (Å²) in [4.78, 5) is 0. The van der Waals surface area contributed by atoms with Crippen LogP contribution < -0.4 is 10.5 Å². The highest BCUT2D eigenvalue weighted by molar-refractivity contribution is 9.10. The molecule has 88 valence electrons. The zero-order chi connectivity index (χ0) is 11.7. The summed E-state index contributed by atoms with van der Waals surface area (Å²) >= 11 is 3.39. The van der Waals surface area contributed by atoms with Crippen molar-refractivity contribution in [2.24, 2.45) is 11.7 Å². The summed E-state index contributed by atoms with van der Waals surface area (Å²) < 4.78 is 5.98. The van der Waals surface area contributed by atoms with E-state index >= 15 is 0 Å². The third-order valence-corrected chi connectivity index (χ3v) is 3.43. The molecule has 3 N–H and O–H groups in total. The van der Waals surface area contributed by atoms with E-state index in [1.54, 1.807) is 6.07 Å². The summed E-state index contributed by atoms with van der Waals surface area (Å²) in [6, 6.07) is 3.49. The molecule has 16 heavy (non-hydrogen) atoms. The molecule has 1 fully saturated rings. The van der Waals surface area contributed by atoms with Crippen LogP contribution in [0.3, 0.4) is 0 Å². The number of phenolic OH excluding ortho intramolecular Hbond substituents is 1. The smallest absolute Gasteiger partial charge is 0.162 e. The molecular weight excluding hydrogens is 270 g/mol. The minimum atomic E-state index is -0.112. The van der Waals surface area contributed by atoms with Gasteiger partial charge in [0.25, 0.3) is 0 Å². The summed E-state index contributed by atoms with van der Waals surface area (Å²) in [7, 11) is 1.54. The Labute approximate surface area is 104 Å². The number of hydrogen-bond donors (Lipinski definition) is 2. The second kappa shape index (κ2) is 4.63. The number of methoxy groups -OCH3 is 1. The maximum atomic E-state index is 9.99. The van der Waals surface area contributed by atoms with Crippen LogP contribution in [-0.2, 0) is 0 Å². The summed E-state index contributed by atoms with van der Waals surface area (Å²) in [5, 5.41) is 9.99. The number of rotatable bonds is 4. The first-order chi connectivity index (χ1) is 7.61. The van der Waals surface area contributed by atoms with Gasteiger partial charge < -0.3 is 15.6 Å². The lowest BCUT2D eigenvalue weighted by molar-refractivity contribution is 0.367. The van der Waals surface area contributed by atoms with Crippen molar-refractivity contribution in [1.29, 1.82) is 0 Å². The van der Waals surface area contributed by atoms with Crippen LogP contribution in [-0.4, -0.2) is 12.2 Å². The molecule has 2 rings (SSSR count). The number of ether oxygens (including phenoxy) is 1. The molecule has 1 atom stereocenters. The topological polar surface area (TPSA) is 55.5 Å². The largest absolute Gasteiger partial charge is 0.504 e. The van der Waals surface area contributed by atoms with Crippen molar-refractivity contribution in [2.45, 2.75) is 25.3 Å². The molecule has 1 aliphatic rings. The van der Waals surface area contributed by atoms with Gasteiger partial charge in [-0.25, -0.2) is 0 Å². The van der Waals surface area contributed by atoms with Crippen molar-refractivity contribution >= 4 is 15.9 Å². The van der Waals surface area contributed by atoms with Crippen LogP contribution in [0.25, 0.3) is 0 Å². The van der Waals surface area contributed by atoms with Gasteiger partial charge in [-0.15, -0.1) is 0 Å². The van der Waals surface area contributed by atoms with E-state index in [2.05, 4.69) is 15.9 Å². The maximum absolute atomic E-state index is 9.99. The van der Waals surface area contributed by atoms with Gasteiger partial charge in [0.15, 0.2) is 11.5 Å². The van der Waals surface area contributed by atoms with Crippen molar-refractivity contribution in [3.05, 3.63) is 22.2 Å². The molecular formula is C12H16BrNO2. The molecule has 0 amide bonds. The van der Waals surface area contributed by atoms with Crippen molar-refractivity contribution in [3.63, 3.8) is 0 Å². The lowest BCUT2D eigenvalue weighted by Gasteiger charge is -2.15. The standard InChI is InChI=1S/C12H16BrNO2/c1-16-11-6-8(13)5-9(12(11)15)10(14)4-7-2-3-7/h5-7,10,15H,2-4,14H2,1H3/t10-/m1/s1. The third-order valence-electron chi connectivity index (χ3n) is 2.97. The highest BCUT2D eigenvalue weighted by Crippen LogP contribution is 2.42.